The van der Waals surface area contributed by atoms with E-state index in [-0.39, 0.29) is 6.04 Å². The van der Waals surface area contributed by atoms with Crippen molar-refractivity contribution in [3.63, 3.8) is 0 Å². The standard InChI is InChI=1S/C16H13Cl2N3/c1-19-16(10-6-7-11(17)12(18)8-10)15-9-20-13-4-2-3-5-14(13)21-15/h2-9,16,19H,1H3. The van der Waals surface area contributed by atoms with Crippen molar-refractivity contribution in [3.05, 3.63) is 70.0 Å². The summed E-state index contributed by atoms with van der Waals surface area (Å²) in [5.41, 5.74) is 3.59. The summed E-state index contributed by atoms with van der Waals surface area (Å²) < 4.78 is 0. The minimum atomic E-state index is -0.0862. The summed E-state index contributed by atoms with van der Waals surface area (Å²) in [6, 6.07) is 13.3. The number of fused-ring (bicyclic) bond motifs is 1. The van der Waals surface area contributed by atoms with E-state index in [1.807, 2.05) is 43.4 Å². The van der Waals surface area contributed by atoms with E-state index < -0.39 is 0 Å². The predicted octanol–water partition coefficient (Wildman–Crippen LogP) is 4.25. The van der Waals surface area contributed by atoms with Gasteiger partial charge >= 0.3 is 0 Å². The molecule has 0 amide bonds. The van der Waals surface area contributed by atoms with Gasteiger partial charge in [-0.25, -0.2) is 4.98 Å². The first-order valence-electron chi connectivity index (χ1n) is 6.53. The van der Waals surface area contributed by atoms with Gasteiger partial charge in [-0.2, -0.15) is 0 Å². The fraction of sp³-hybridized carbons (Fsp3) is 0.125. The zero-order chi connectivity index (χ0) is 14.8. The molecule has 2 aromatic carbocycles. The molecule has 0 saturated carbocycles. The second-order valence-electron chi connectivity index (χ2n) is 4.68. The molecule has 1 unspecified atom stereocenters. The lowest BCUT2D eigenvalue weighted by Gasteiger charge is -2.17. The van der Waals surface area contributed by atoms with Crippen LogP contribution in [0.3, 0.4) is 0 Å². The van der Waals surface area contributed by atoms with E-state index in [1.165, 1.54) is 0 Å². The molecule has 3 nitrogen and oxygen atoms in total. The highest BCUT2D eigenvalue weighted by molar-refractivity contribution is 6.42. The minimum absolute atomic E-state index is 0.0862. The molecular formula is C16H13Cl2N3. The number of nitrogens with one attached hydrogen (secondary N) is 1. The highest BCUT2D eigenvalue weighted by Crippen LogP contribution is 2.28. The summed E-state index contributed by atoms with van der Waals surface area (Å²) in [5, 5.41) is 4.31. The lowest BCUT2D eigenvalue weighted by atomic mass is 10.0. The zero-order valence-corrected chi connectivity index (χ0v) is 12.9. The summed E-state index contributed by atoms with van der Waals surface area (Å²) >= 11 is 12.1. The average molecular weight is 318 g/mol. The predicted molar refractivity (Wildman–Crippen MR) is 86.9 cm³/mol. The first-order chi connectivity index (χ1) is 10.2. The van der Waals surface area contributed by atoms with Crippen LogP contribution in [0.4, 0.5) is 0 Å². The molecule has 0 bridgehead atoms. The summed E-state index contributed by atoms with van der Waals surface area (Å²) in [6.07, 6.45) is 1.78. The molecule has 1 atom stereocenters. The van der Waals surface area contributed by atoms with Crippen molar-refractivity contribution < 1.29 is 0 Å². The minimum Gasteiger partial charge on any atom is -0.308 e. The summed E-state index contributed by atoms with van der Waals surface area (Å²) in [7, 11) is 1.88. The van der Waals surface area contributed by atoms with E-state index in [9.17, 15) is 0 Å². The van der Waals surface area contributed by atoms with Crippen LogP contribution in [-0.4, -0.2) is 17.0 Å². The molecule has 1 heterocycles. The van der Waals surface area contributed by atoms with E-state index in [1.54, 1.807) is 12.3 Å². The molecule has 1 aromatic heterocycles. The molecule has 106 valence electrons. The highest BCUT2D eigenvalue weighted by Gasteiger charge is 2.15. The van der Waals surface area contributed by atoms with Gasteiger partial charge in [0.2, 0.25) is 0 Å². The van der Waals surface area contributed by atoms with Gasteiger partial charge in [0.1, 0.15) is 0 Å². The summed E-state index contributed by atoms with van der Waals surface area (Å²) in [4.78, 5) is 9.13. The number of nitrogens with zero attached hydrogens (tertiary/aromatic N) is 2. The quantitative estimate of drug-likeness (QED) is 0.785. The molecule has 0 radical (unpaired) electrons. The Morgan fingerprint density at radius 2 is 1.76 bits per heavy atom. The fourth-order valence-electron chi connectivity index (χ4n) is 2.29. The fourth-order valence-corrected chi connectivity index (χ4v) is 2.59. The molecule has 3 aromatic rings. The van der Waals surface area contributed by atoms with Crippen LogP contribution in [0.2, 0.25) is 10.0 Å². The topological polar surface area (TPSA) is 37.8 Å². The average Bonchev–Trinajstić information content (AvgIpc) is 2.51. The number of hydrogen-bond donors (Lipinski definition) is 1. The lowest BCUT2D eigenvalue weighted by molar-refractivity contribution is 0.671. The molecule has 0 fully saturated rings. The van der Waals surface area contributed by atoms with Gasteiger partial charge in [-0.15, -0.1) is 0 Å². The van der Waals surface area contributed by atoms with E-state index in [4.69, 9.17) is 23.2 Å². The van der Waals surface area contributed by atoms with Gasteiger partial charge in [0.15, 0.2) is 0 Å². The Labute approximate surface area is 132 Å². The number of aromatic nitrogens is 2. The normalized spacial score (nSPS) is 12.5. The van der Waals surface area contributed by atoms with Crippen LogP contribution in [0.25, 0.3) is 11.0 Å². The molecular weight excluding hydrogens is 305 g/mol. The van der Waals surface area contributed by atoms with E-state index in [0.717, 1.165) is 22.3 Å². The molecule has 0 spiro atoms. The van der Waals surface area contributed by atoms with Crippen molar-refractivity contribution in [1.82, 2.24) is 15.3 Å². The van der Waals surface area contributed by atoms with Gasteiger partial charge in [-0.3, -0.25) is 4.98 Å². The van der Waals surface area contributed by atoms with Crippen molar-refractivity contribution >= 4 is 34.2 Å². The Bertz CT molecular complexity index is 789. The zero-order valence-electron chi connectivity index (χ0n) is 11.3. The number of rotatable bonds is 3. The number of hydrogen-bond acceptors (Lipinski definition) is 3. The van der Waals surface area contributed by atoms with Crippen molar-refractivity contribution in [2.24, 2.45) is 0 Å². The van der Waals surface area contributed by atoms with Crippen molar-refractivity contribution in [1.29, 1.82) is 0 Å². The molecule has 0 saturated heterocycles. The SMILES string of the molecule is CNC(c1ccc(Cl)c(Cl)c1)c1cnc2ccccc2n1. The maximum Gasteiger partial charge on any atom is 0.0890 e. The van der Waals surface area contributed by atoms with Crippen LogP contribution in [0.15, 0.2) is 48.7 Å². The highest BCUT2D eigenvalue weighted by atomic mass is 35.5. The second kappa shape index (κ2) is 5.98. The second-order valence-corrected chi connectivity index (χ2v) is 5.49. The molecule has 0 aliphatic rings. The molecule has 0 aliphatic heterocycles. The van der Waals surface area contributed by atoms with Crippen LogP contribution < -0.4 is 5.32 Å². The number of halogens is 2. The summed E-state index contributed by atoms with van der Waals surface area (Å²) in [5.74, 6) is 0. The van der Waals surface area contributed by atoms with Crippen LogP contribution in [0, 0.1) is 0 Å². The van der Waals surface area contributed by atoms with Gasteiger partial charge < -0.3 is 5.32 Å². The molecule has 0 aliphatic carbocycles. The first kappa shape index (κ1) is 14.3. The Morgan fingerprint density at radius 1 is 1.00 bits per heavy atom. The maximum absolute atomic E-state index is 6.10. The van der Waals surface area contributed by atoms with Crippen molar-refractivity contribution in [2.45, 2.75) is 6.04 Å². The third-order valence-corrected chi connectivity index (χ3v) is 4.07. The Kier molecular flexibility index (Phi) is 4.06. The Balaban J connectivity index is 2.06. The van der Waals surface area contributed by atoms with Crippen LogP contribution in [-0.2, 0) is 0 Å². The van der Waals surface area contributed by atoms with Gasteiger partial charge in [0.05, 0.1) is 39.0 Å². The molecule has 1 N–H and O–H groups in total. The Morgan fingerprint density at radius 3 is 2.48 bits per heavy atom. The van der Waals surface area contributed by atoms with E-state index >= 15 is 0 Å². The van der Waals surface area contributed by atoms with Crippen LogP contribution in [0.1, 0.15) is 17.3 Å². The van der Waals surface area contributed by atoms with E-state index in [2.05, 4.69) is 15.3 Å². The van der Waals surface area contributed by atoms with Gasteiger partial charge in [0.25, 0.3) is 0 Å². The van der Waals surface area contributed by atoms with Gasteiger partial charge in [0, 0.05) is 0 Å². The smallest absolute Gasteiger partial charge is 0.0890 e. The van der Waals surface area contributed by atoms with Gasteiger partial charge in [-0.05, 0) is 36.9 Å². The Hall–Kier alpha value is -1.68. The van der Waals surface area contributed by atoms with Gasteiger partial charge in [-0.1, -0.05) is 41.4 Å². The maximum atomic E-state index is 6.10. The van der Waals surface area contributed by atoms with Crippen LogP contribution >= 0.6 is 23.2 Å². The molecule has 3 rings (SSSR count). The third-order valence-electron chi connectivity index (χ3n) is 3.33. The monoisotopic (exact) mass is 317 g/mol. The van der Waals surface area contributed by atoms with Crippen molar-refractivity contribution in [2.75, 3.05) is 7.05 Å². The summed E-state index contributed by atoms with van der Waals surface area (Å²) in [6.45, 7) is 0. The van der Waals surface area contributed by atoms with Crippen LogP contribution in [0.5, 0.6) is 0 Å². The van der Waals surface area contributed by atoms with Crippen molar-refractivity contribution in [3.8, 4) is 0 Å². The van der Waals surface area contributed by atoms with E-state index in [0.29, 0.717) is 10.0 Å². The largest absolute Gasteiger partial charge is 0.308 e. The molecule has 21 heavy (non-hydrogen) atoms. The third kappa shape index (κ3) is 2.86. The number of benzene rings is 2. The number of para-hydroxylation sites is 2. The lowest BCUT2D eigenvalue weighted by Crippen LogP contribution is -2.19. The first-order valence-corrected chi connectivity index (χ1v) is 7.28. The molecule has 5 heteroatoms.